The van der Waals surface area contributed by atoms with Crippen LogP contribution in [0.3, 0.4) is 0 Å². The van der Waals surface area contributed by atoms with Gasteiger partial charge in [-0.25, -0.2) is 15.0 Å². The maximum absolute atomic E-state index is 5.25. The molecular weight excluding hydrogens is 585 g/mol. The van der Waals surface area contributed by atoms with E-state index in [1.165, 1.54) is 65.3 Å². The number of benzene rings is 5. The van der Waals surface area contributed by atoms with Gasteiger partial charge in [0.2, 0.25) is 0 Å². The quantitative estimate of drug-likeness (QED) is 0.198. The molecule has 12 rings (SSSR count). The van der Waals surface area contributed by atoms with Crippen LogP contribution in [-0.4, -0.2) is 19.9 Å². The topological polar surface area (TPSA) is 51.6 Å². The summed E-state index contributed by atoms with van der Waals surface area (Å²) in [4.78, 5) is 20.8. The lowest BCUT2D eigenvalue weighted by Gasteiger charge is -2.61. The molecule has 0 aliphatic heterocycles. The van der Waals surface area contributed by atoms with Crippen molar-refractivity contribution in [1.29, 1.82) is 0 Å². The van der Waals surface area contributed by atoms with Crippen molar-refractivity contribution < 1.29 is 0 Å². The van der Waals surface area contributed by atoms with Crippen molar-refractivity contribution in [3.8, 4) is 45.4 Å². The van der Waals surface area contributed by atoms with Crippen LogP contribution in [-0.2, 0) is 5.41 Å². The zero-order valence-corrected chi connectivity index (χ0v) is 26.7. The molecule has 0 radical (unpaired) electrons. The first-order chi connectivity index (χ1) is 23.7. The molecule has 4 heteroatoms. The van der Waals surface area contributed by atoms with Gasteiger partial charge in [-0.1, -0.05) is 103 Å². The first-order valence-electron chi connectivity index (χ1n) is 17.6. The molecule has 2 aromatic heterocycles. The molecule has 5 aromatic carbocycles. The molecular formula is C44H34N4. The van der Waals surface area contributed by atoms with Crippen molar-refractivity contribution in [2.24, 2.45) is 23.7 Å². The van der Waals surface area contributed by atoms with Gasteiger partial charge in [0.15, 0.2) is 17.5 Å². The Hall–Kier alpha value is -5.22. The second-order valence-electron chi connectivity index (χ2n) is 14.7. The van der Waals surface area contributed by atoms with Crippen molar-refractivity contribution in [3.63, 3.8) is 0 Å². The predicted molar refractivity (Wildman–Crippen MR) is 192 cm³/mol. The molecule has 0 N–H and O–H groups in total. The smallest absolute Gasteiger partial charge is 0.164 e. The SMILES string of the molecule is c1cnc2c(c1)C1(c3ccc(-c4nc(-c5cccc6ccccc56)nc(-c5cccc6ccccc56)n4)cc3-2)C2CC3CC(C2)CC1C3. The van der Waals surface area contributed by atoms with Crippen molar-refractivity contribution in [3.05, 3.63) is 133 Å². The molecule has 0 saturated heterocycles. The number of rotatable bonds is 3. The molecule has 4 saturated carbocycles. The van der Waals surface area contributed by atoms with E-state index in [0.717, 1.165) is 39.3 Å². The highest BCUT2D eigenvalue weighted by Gasteiger charge is 2.61. The molecule has 2 heterocycles. The fourth-order valence-corrected chi connectivity index (χ4v) is 10.7. The van der Waals surface area contributed by atoms with E-state index >= 15 is 0 Å². The van der Waals surface area contributed by atoms with Gasteiger partial charge in [0.25, 0.3) is 0 Å². The minimum absolute atomic E-state index is 0.0895. The maximum atomic E-state index is 5.25. The maximum Gasteiger partial charge on any atom is 0.164 e. The molecule has 4 nitrogen and oxygen atoms in total. The van der Waals surface area contributed by atoms with Crippen LogP contribution in [0, 0.1) is 23.7 Å². The average Bonchev–Trinajstić information content (AvgIpc) is 3.43. The summed E-state index contributed by atoms with van der Waals surface area (Å²) >= 11 is 0. The third kappa shape index (κ3) is 3.66. The van der Waals surface area contributed by atoms with Crippen LogP contribution < -0.4 is 0 Å². The molecule has 48 heavy (non-hydrogen) atoms. The standard InChI is InChI=1S/C44H34N4/c1-3-12-33-28(8-1)10-5-14-35(33)42-46-41(47-43(48-42)36-15-6-11-29-9-2-4-13-34(29)36)30-17-18-38-37(25-30)40-39(16-7-19-45-40)44(38)31-21-26-20-27(23-31)24-32(44)22-26/h1-19,25-27,31-32H,20-24H2. The third-order valence-corrected chi connectivity index (χ3v) is 12.4. The van der Waals surface area contributed by atoms with Crippen molar-refractivity contribution in [2.75, 3.05) is 0 Å². The van der Waals surface area contributed by atoms with Crippen LogP contribution in [0.5, 0.6) is 0 Å². The van der Waals surface area contributed by atoms with Gasteiger partial charge in [-0.05, 0) is 101 Å². The van der Waals surface area contributed by atoms with E-state index in [1.54, 1.807) is 0 Å². The Bertz CT molecular complexity index is 2310. The summed E-state index contributed by atoms with van der Waals surface area (Å²) in [5.41, 5.74) is 8.52. The van der Waals surface area contributed by atoms with E-state index < -0.39 is 0 Å². The van der Waals surface area contributed by atoms with Crippen LogP contribution in [0.2, 0.25) is 0 Å². The van der Waals surface area contributed by atoms with Crippen molar-refractivity contribution in [2.45, 2.75) is 37.5 Å². The zero-order chi connectivity index (χ0) is 31.4. The van der Waals surface area contributed by atoms with E-state index in [-0.39, 0.29) is 5.41 Å². The Morgan fingerprint density at radius 1 is 0.479 bits per heavy atom. The summed E-state index contributed by atoms with van der Waals surface area (Å²) in [6.07, 6.45) is 8.87. The number of hydrogen-bond donors (Lipinski definition) is 0. The van der Waals surface area contributed by atoms with Crippen LogP contribution in [0.25, 0.3) is 67.0 Å². The number of hydrogen-bond acceptors (Lipinski definition) is 4. The fourth-order valence-electron chi connectivity index (χ4n) is 10.7. The molecule has 1 spiro atoms. The summed E-state index contributed by atoms with van der Waals surface area (Å²) in [5, 5.41) is 4.61. The molecule has 5 aliphatic carbocycles. The molecule has 5 aliphatic rings. The number of fused-ring (bicyclic) bond motifs is 5. The van der Waals surface area contributed by atoms with Gasteiger partial charge in [-0.2, -0.15) is 0 Å². The highest BCUT2D eigenvalue weighted by atomic mass is 15.0. The zero-order valence-electron chi connectivity index (χ0n) is 26.7. The minimum Gasteiger partial charge on any atom is -0.256 e. The summed E-state index contributed by atoms with van der Waals surface area (Å²) in [6, 6.07) is 41.3. The van der Waals surface area contributed by atoms with Crippen LogP contribution in [0.1, 0.15) is 43.2 Å². The molecule has 0 atom stereocenters. The molecule has 7 aromatic rings. The number of nitrogens with zero attached hydrogens (tertiary/aromatic N) is 4. The van der Waals surface area contributed by atoms with Crippen LogP contribution in [0.4, 0.5) is 0 Å². The molecule has 230 valence electrons. The fraction of sp³-hybridized carbons (Fsp3) is 0.227. The normalized spacial score (nSPS) is 24.8. The largest absolute Gasteiger partial charge is 0.256 e. The second-order valence-corrected chi connectivity index (χ2v) is 14.7. The van der Waals surface area contributed by atoms with Gasteiger partial charge in [-0.15, -0.1) is 0 Å². The van der Waals surface area contributed by atoms with E-state index in [4.69, 9.17) is 19.9 Å². The second kappa shape index (κ2) is 9.90. The lowest BCUT2D eigenvalue weighted by Crippen LogP contribution is -2.55. The Labute approximate surface area is 280 Å². The van der Waals surface area contributed by atoms with E-state index in [9.17, 15) is 0 Å². The molecule has 4 bridgehead atoms. The Morgan fingerprint density at radius 2 is 1.06 bits per heavy atom. The minimum atomic E-state index is 0.0895. The van der Waals surface area contributed by atoms with Crippen LogP contribution in [0.15, 0.2) is 121 Å². The van der Waals surface area contributed by atoms with Crippen molar-refractivity contribution >= 4 is 21.5 Å². The van der Waals surface area contributed by atoms with Gasteiger partial charge >= 0.3 is 0 Å². The van der Waals surface area contributed by atoms with E-state index in [1.807, 2.05) is 6.20 Å². The Kier molecular flexibility index (Phi) is 5.53. The van der Waals surface area contributed by atoms with Gasteiger partial charge < -0.3 is 0 Å². The average molecular weight is 619 g/mol. The van der Waals surface area contributed by atoms with Crippen LogP contribution >= 0.6 is 0 Å². The Balaban J connectivity index is 1.14. The highest BCUT2D eigenvalue weighted by molar-refractivity contribution is 5.97. The highest BCUT2D eigenvalue weighted by Crippen LogP contribution is 2.69. The van der Waals surface area contributed by atoms with E-state index in [0.29, 0.717) is 29.3 Å². The monoisotopic (exact) mass is 618 g/mol. The lowest BCUT2D eigenvalue weighted by atomic mass is 9.43. The van der Waals surface area contributed by atoms with Gasteiger partial charge in [0.1, 0.15) is 0 Å². The summed E-state index contributed by atoms with van der Waals surface area (Å²) < 4.78 is 0. The van der Waals surface area contributed by atoms with E-state index in [2.05, 4.69) is 115 Å². The first kappa shape index (κ1) is 26.8. The summed E-state index contributed by atoms with van der Waals surface area (Å²) in [6.45, 7) is 0. The predicted octanol–water partition coefficient (Wildman–Crippen LogP) is 10.3. The third-order valence-electron chi connectivity index (χ3n) is 12.4. The van der Waals surface area contributed by atoms with Gasteiger partial charge in [0.05, 0.1) is 5.69 Å². The first-order valence-corrected chi connectivity index (χ1v) is 17.6. The number of pyridine rings is 1. The molecule has 4 fully saturated rings. The summed E-state index contributed by atoms with van der Waals surface area (Å²) in [7, 11) is 0. The molecule has 0 amide bonds. The van der Waals surface area contributed by atoms with Gasteiger partial charge in [0, 0.05) is 33.9 Å². The molecule has 0 unspecified atom stereocenters. The van der Waals surface area contributed by atoms with Gasteiger partial charge in [-0.3, -0.25) is 4.98 Å². The number of aromatic nitrogens is 4. The summed E-state index contributed by atoms with van der Waals surface area (Å²) in [5.74, 6) is 5.31. The van der Waals surface area contributed by atoms with Crippen molar-refractivity contribution in [1.82, 2.24) is 19.9 Å². The lowest BCUT2D eigenvalue weighted by molar-refractivity contribution is -0.0400. The Morgan fingerprint density at radius 3 is 1.71 bits per heavy atom.